The Morgan fingerprint density at radius 3 is 2.50 bits per heavy atom. The van der Waals surface area contributed by atoms with Gasteiger partial charge in [0.25, 0.3) is 0 Å². The lowest BCUT2D eigenvalue weighted by molar-refractivity contribution is -0.137. The fraction of sp³-hybridized carbons (Fsp3) is 0.273. The van der Waals surface area contributed by atoms with Gasteiger partial charge in [-0.3, -0.25) is 4.79 Å². The Bertz CT molecular complexity index is 890. The number of hydrogen-bond acceptors (Lipinski definition) is 3. The van der Waals surface area contributed by atoms with Gasteiger partial charge in [-0.25, -0.2) is 4.98 Å². The van der Waals surface area contributed by atoms with Gasteiger partial charge in [0, 0.05) is 6.42 Å². The minimum absolute atomic E-state index is 0.175. The van der Waals surface area contributed by atoms with Crippen molar-refractivity contribution < 1.29 is 9.90 Å². The van der Waals surface area contributed by atoms with E-state index in [9.17, 15) is 4.79 Å². The monoisotopic (exact) mass is 365 g/mol. The van der Waals surface area contributed by atoms with Gasteiger partial charge >= 0.3 is 5.97 Å². The molecule has 1 aromatic heterocycles. The first-order chi connectivity index (χ1) is 12.5. The van der Waals surface area contributed by atoms with Crippen molar-refractivity contribution in [1.82, 2.24) is 4.98 Å². The minimum atomic E-state index is -0.755. The van der Waals surface area contributed by atoms with Gasteiger partial charge in [-0.1, -0.05) is 50.2 Å². The van der Waals surface area contributed by atoms with E-state index in [1.165, 1.54) is 5.56 Å². The molecular formula is C22H23NO2S. The van der Waals surface area contributed by atoms with Crippen LogP contribution in [-0.2, 0) is 4.79 Å². The Balaban J connectivity index is 1.92. The third-order valence-corrected chi connectivity index (χ3v) is 5.46. The summed E-state index contributed by atoms with van der Waals surface area (Å²) in [5, 5.41) is 9.93. The van der Waals surface area contributed by atoms with Gasteiger partial charge in [0.15, 0.2) is 0 Å². The van der Waals surface area contributed by atoms with Crippen LogP contribution in [0.4, 0.5) is 0 Å². The van der Waals surface area contributed by atoms with E-state index in [2.05, 4.69) is 50.3 Å². The second kappa shape index (κ2) is 8.28. The first kappa shape index (κ1) is 18.3. The molecule has 3 rings (SSSR count). The van der Waals surface area contributed by atoms with Crippen LogP contribution < -0.4 is 0 Å². The number of para-hydroxylation sites is 1. The van der Waals surface area contributed by atoms with Crippen molar-refractivity contribution in [2.75, 3.05) is 0 Å². The number of thiazole rings is 1. The summed E-state index contributed by atoms with van der Waals surface area (Å²) in [7, 11) is 0. The Labute approximate surface area is 158 Å². The van der Waals surface area contributed by atoms with Gasteiger partial charge in [-0.05, 0) is 53.7 Å². The van der Waals surface area contributed by atoms with Crippen LogP contribution in [0.3, 0.4) is 0 Å². The predicted molar refractivity (Wildman–Crippen MR) is 110 cm³/mol. The zero-order valence-corrected chi connectivity index (χ0v) is 15.9. The summed E-state index contributed by atoms with van der Waals surface area (Å²) in [5.41, 5.74) is 4.53. The van der Waals surface area contributed by atoms with Crippen molar-refractivity contribution in [3.05, 3.63) is 64.7 Å². The highest BCUT2D eigenvalue weighted by Crippen LogP contribution is 2.31. The van der Waals surface area contributed by atoms with Crippen LogP contribution in [0.5, 0.6) is 0 Å². The summed E-state index contributed by atoms with van der Waals surface area (Å²) in [5.74, 6) is -0.248. The zero-order chi connectivity index (χ0) is 18.5. The fourth-order valence-electron chi connectivity index (χ4n) is 2.86. The molecule has 0 aliphatic rings. The second-order valence-electron chi connectivity index (χ2n) is 6.72. The molecule has 2 aromatic carbocycles. The number of aromatic nitrogens is 1. The molecule has 0 radical (unpaired) electrons. The maximum absolute atomic E-state index is 10.9. The molecular weight excluding hydrogens is 342 g/mol. The van der Waals surface area contributed by atoms with Crippen molar-refractivity contribution in [3.8, 4) is 0 Å². The lowest BCUT2D eigenvalue weighted by atomic mass is 10.00. The molecule has 0 spiro atoms. The summed E-state index contributed by atoms with van der Waals surface area (Å²) in [4.78, 5) is 15.6. The van der Waals surface area contributed by atoms with Crippen LogP contribution in [0.25, 0.3) is 21.9 Å². The van der Waals surface area contributed by atoms with E-state index in [1.54, 1.807) is 11.3 Å². The van der Waals surface area contributed by atoms with E-state index in [-0.39, 0.29) is 6.42 Å². The van der Waals surface area contributed by atoms with Crippen molar-refractivity contribution in [3.63, 3.8) is 0 Å². The number of rotatable bonds is 7. The van der Waals surface area contributed by atoms with E-state index >= 15 is 0 Å². The number of carboxylic acid groups (broad SMARTS) is 1. The summed E-state index contributed by atoms with van der Waals surface area (Å²) in [6, 6.07) is 16.7. The Morgan fingerprint density at radius 1 is 1.12 bits per heavy atom. The molecule has 0 bridgehead atoms. The molecule has 1 heterocycles. The highest BCUT2D eigenvalue weighted by Gasteiger charge is 2.10. The number of nitrogens with zero attached hydrogens (tertiary/aromatic N) is 1. The highest BCUT2D eigenvalue weighted by molar-refractivity contribution is 7.19. The van der Waals surface area contributed by atoms with Crippen LogP contribution in [-0.4, -0.2) is 16.1 Å². The summed E-state index contributed by atoms with van der Waals surface area (Å²) in [6.07, 6.45) is 3.64. The van der Waals surface area contributed by atoms with Crippen molar-refractivity contribution in [2.45, 2.75) is 39.0 Å². The van der Waals surface area contributed by atoms with Gasteiger partial charge in [0.05, 0.1) is 10.2 Å². The smallest absolute Gasteiger partial charge is 0.303 e. The third kappa shape index (κ3) is 4.58. The maximum Gasteiger partial charge on any atom is 0.303 e. The first-order valence-corrected chi connectivity index (χ1v) is 9.73. The number of hydrogen-bond donors (Lipinski definition) is 1. The molecule has 3 aromatic rings. The van der Waals surface area contributed by atoms with Crippen molar-refractivity contribution >= 4 is 39.2 Å². The van der Waals surface area contributed by atoms with Crippen LogP contribution in [0, 0.1) is 0 Å². The lowest BCUT2D eigenvalue weighted by Gasteiger charge is -2.07. The summed E-state index contributed by atoms with van der Waals surface area (Å²) < 4.78 is 1.15. The highest BCUT2D eigenvalue weighted by atomic mass is 32.1. The molecule has 4 heteroatoms. The SMILES string of the molecule is CC(C)c1ccc(/C=C(\CCCC(=O)O)c2nc3ccccc3s2)cc1. The minimum Gasteiger partial charge on any atom is -0.481 e. The molecule has 0 saturated carbocycles. The Hall–Kier alpha value is -2.46. The molecule has 0 unspecified atom stereocenters. The van der Waals surface area contributed by atoms with Gasteiger partial charge in [0.1, 0.15) is 5.01 Å². The average molecular weight is 365 g/mol. The number of aliphatic carboxylic acids is 1. The molecule has 0 aliphatic heterocycles. The first-order valence-electron chi connectivity index (χ1n) is 8.91. The molecule has 1 N–H and O–H groups in total. The lowest BCUT2D eigenvalue weighted by Crippen LogP contribution is -1.95. The van der Waals surface area contributed by atoms with Crippen molar-refractivity contribution in [2.24, 2.45) is 0 Å². The van der Waals surface area contributed by atoms with Crippen LogP contribution in [0.2, 0.25) is 0 Å². The Morgan fingerprint density at radius 2 is 1.85 bits per heavy atom. The number of allylic oxidation sites excluding steroid dienone is 1. The average Bonchev–Trinajstić information content (AvgIpc) is 3.05. The van der Waals surface area contributed by atoms with Gasteiger partial charge in [-0.15, -0.1) is 11.3 Å². The topological polar surface area (TPSA) is 50.2 Å². The fourth-order valence-corrected chi connectivity index (χ4v) is 3.87. The molecule has 0 saturated heterocycles. The second-order valence-corrected chi connectivity index (χ2v) is 7.76. The van der Waals surface area contributed by atoms with E-state index in [1.807, 2.05) is 18.2 Å². The van der Waals surface area contributed by atoms with Crippen LogP contribution in [0.15, 0.2) is 48.5 Å². The quantitative estimate of drug-likeness (QED) is 0.541. The van der Waals surface area contributed by atoms with E-state index in [0.29, 0.717) is 18.8 Å². The molecule has 0 fully saturated rings. The largest absolute Gasteiger partial charge is 0.481 e. The maximum atomic E-state index is 10.9. The van der Waals surface area contributed by atoms with Gasteiger partial charge < -0.3 is 5.11 Å². The standard InChI is InChI=1S/C22H23NO2S/c1-15(2)17-12-10-16(11-13-17)14-18(6-5-9-21(24)25)22-23-19-7-3-4-8-20(19)26-22/h3-4,7-8,10-15H,5-6,9H2,1-2H3,(H,24,25)/b18-14+. The van der Waals surface area contributed by atoms with Crippen LogP contribution >= 0.6 is 11.3 Å². The Kier molecular flexibility index (Phi) is 5.84. The van der Waals surface area contributed by atoms with E-state index in [0.717, 1.165) is 26.4 Å². The summed E-state index contributed by atoms with van der Waals surface area (Å²) in [6.45, 7) is 4.37. The predicted octanol–water partition coefficient (Wildman–Crippen LogP) is 6.22. The summed E-state index contributed by atoms with van der Waals surface area (Å²) >= 11 is 1.66. The normalized spacial score (nSPS) is 12.0. The van der Waals surface area contributed by atoms with Crippen molar-refractivity contribution in [1.29, 1.82) is 0 Å². The third-order valence-electron chi connectivity index (χ3n) is 4.35. The molecule has 26 heavy (non-hydrogen) atoms. The number of benzene rings is 2. The van der Waals surface area contributed by atoms with Gasteiger partial charge in [-0.2, -0.15) is 0 Å². The molecule has 0 aliphatic carbocycles. The number of fused-ring (bicyclic) bond motifs is 1. The van der Waals surface area contributed by atoms with Crippen LogP contribution in [0.1, 0.15) is 55.2 Å². The molecule has 134 valence electrons. The zero-order valence-electron chi connectivity index (χ0n) is 15.1. The van der Waals surface area contributed by atoms with Gasteiger partial charge in [0.2, 0.25) is 0 Å². The number of carbonyl (C=O) groups is 1. The van der Waals surface area contributed by atoms with E-state index in [4.69, 9.17) is 10.1 Å². The van der Waals surface area contributed by atoms with E-state index < -0.39 is 5.97 Å². The molecule has 3 nitrogen and oxygen atoms in total. The molecule has 0 atom stereocenters. The number of carboxylic acids is 1. The molecule has 0 amide bonds.